The summed E-state index contributed by atoms with van der Waals surface area (Å²) in [6.07, 6.45) is 0. The van der Waals surface area contributed by atoms with Crippen LogP contribution in [0.1, 0.15) is 21.5 Å². The molecule has 0 radical (unpaired) electrons. The Balaban J connectivity index is 1.62. The van der Waals surface area contributed by atoms with Crippen molar-refractivity contribution in [2.45, 2.75) is 12.4 Å². The molecule has 29 heavy (non-hydrogen) atoms. The maximum absolute atomic E-state index is 12.9. The molecule has 3 aromatic carbocycles. The summed E-state index contributed by atoms with van der Waals surface area (Å²) in [7, 11) is -3.61. The number of carbonyl (C=O) groups excluding carboxylic acids is 1. The van der Waals surface area contributed by atoms with Crippen LogP contribution in [0.2, 0.25) is 0 Å². The molecule has 3 N–H and O–H groups in total. The summed E-state index contributed by atoms with van der Waals surface area (Å²) in [6, 6.07) is 19.0. The molecule has 0 saturated carbocycles. The number of sulfonamides is 1. The van der Waals surface area contributed by atoms with Gasteiger partial charge in [0, 0.05) is 11.3 Å². The number of amides is 1. The number of rotatable bonds is 7. The van der Waals surface area contributed by atoms with Crippen LogP contribution in [0, 0.1) is 5.82 Å². The van der Waals surface area contributed by atoms with Crippen molar-refractivity contribution in [3.05, 3.63) is 95.3 Å². The van der Waals surface area contributed by atoms with Gasteiger partial charge in [-0.3, -0.25) is 4.79 Å². The van der Waals surface area contributed by atoms with Crippen LogP contribution < -0.4 is 15.2 Å². The first-order valence-electron chi connectivity index (χ1n) is 8.66. The molecule has 0 aromatic heterocycles. The van der Waals surface area contributed by atoms with E-state index in [1.54, 1.807) is 60.7 Å². The average Bonchev–Trinajstić information content (AvgIpc) is 2.68. The van der Waals surface area contributed by atoms with E-state index < -0.39 is 10.0 Å². The molecule has 150 valence electrons. The third-order valence-electron chi connectivity index (χ3n) is 3.99. The van der Waals surface area contributed by atoms with Crippen LogP contribution in [0.5, 0.6) is 5.75 Å². The number of primary sulfonamides is 1. The normalized spacial score (nSPS) is 11.1. The Kier molecular flexibility index (Phi) is 6.26. The zero-order valence-electron chi connectivity index (χ0n) is 15.3. The predicted molar refractivity (Wildman–Crippen MR) is 108 cm³/mol. The lowest BCUT2D eigenvalue weighted by Crippen LogP contribution is -2.15. The summed E-state index contributed by atoms with van der Waals surface area (Å²) in [6.45, 7) is 0.247. The minimum Gasteiger partial charge on any atom is -0.489 e. The van der Waals surface area contributed by atoms with Gasteiger partial charge < -0.3 is 10.1 Å². The summed E-state index contributed by atoms with van der Waals surface area (Å²) >= 11 is 0. The van der Waals surface area contributed by atoms with Crippen LogP contribution in [0.4, 0.5) is 10.1 Å². The molecule has 0 fully saturated rings. The smallest absolute Gasteiger partial charge is 0.255 e. The summed E-state index contributed by atoms with van der Waals surface area (Å²) in [5.74, 6) is -0.415. The second-order valence-corrected chi connectivity index (χ2v) is 8.02. The molecule has 0 aliphatic rings. The summed E-state index contributed by atoms with van der Waals surface area (Å²) in [5, 5.41) is 7.76. The zero-order valence-corrected chi connectivity index (χ0v) is 16.2. The monoisotopic (exact) mass is 414 g/mol. The average molecular weight is 414 g/mol. The summed E-state index contributed by atoms with van der Waals surface area (Å²) < 4.78 is 40.8. The highest BCUT2D eigenvalue weighted by molar-refractivity contribution is 7.88. The standard InChI is InChI=1S/C21H19FN2O4S/c22-18-8-4-15(5-9-18)13-28-20-3-1-2-17(12-20)21(25)24-19-10-6-16(7-11-19)14-29(23,26)27/h1-12H,13-14H2,(H,24,25)(H2,23,26,27). The van der Waals surface area contributed by atoms with E-state index in [1.807, 2.05) is 0 Å². The number of hydrogen-bond donors (Lipinski definition) is 2. The fourth-order valence-corrected chi connectivity index (χ4v) is 3.25. The molecule has 0 aliphatic heterocycles. The van der Waals surface area contributed by atoms with Gasteiger partial charge in [0.1, 0.15) is 18.2 Å². The van der Waals surface area contributed by atoms with Gasteiger partial charge >= 0.3 is 0 Å². The number of carbonyl (C=O) groups is 1. The Morgan fingerprint density at radius 2 is 1.62 bits per heavy atom. The molecule has 0 bridgehead atoms. The van der Waals surface area contributed by atoms with E-state index in [2.05, 4.69) is 5.32 Å². The minimum atomic E-state index is -3.61. The number of benzene rings is 3. The molecule has 0 aliphatic carbocycles. The topological polar surface area (TPSA) is 98.5 Å². The Morgan fingerprint density at radius 3 is 2.28 bits per heavy atom. The number of ether oxygens (including phenoxy) is 1. The van der Waals surface area contributed by atoms with Gasteiger partial charge in [0.2, 0.25) is 10.0 Å². The van der Waals surface area contributed by atoms with Crippen LogP contribution in [0.15, 0.2) is 72.8 Å². The molecule has 0 atom stereocenters. The van der Waals surface area contributed by atoms with Gasteiger partial charge in [-0.2, -0.15) is 0 Å². The van der Waals surface area contributed by atoms with Gasteiger partial charge in [0.15, 0.2) is 0 Å². The molecule has 0 heterocycles. The highest BCUT2D eigenvalue weighted by Gasteiger charge is 2.09. The number of hydrogen-bond acceptors (Lipinski definition) is 4. The number of nitrogens with one attached hydrogen (secondary N) is 1. The van der Waals surface area contributed by atoms with E-state index in [0.29, 0.717) is 22.6 Å². The van der Waals surface area contributed by atoms with Crippen LogP contribution in [-0.2, 0) is 22.4 Å². The first-order valence-corrected chi connectivity index (χ1v) is 10.4. The van der Waals surface area contributed by atoms with Gasteiger partial charge in [-0.25, -0.2) is 17.9 Å². The lowest BCUT2D eigenvalue weighted by Gasteiger charge is -2.09. The molecule has 6 nitrogen and oxygen atoms in total. The first-order chi connectivity index (χ1) is 13.8. The molecular weight excluding hydrogens is 395 g/mol. The van der Waals surface area contributed by atoms with Crippen LogP contribution in [0.3, 0.4) is 0 Å². The van der Waals surface area contributed by atoms with Gasteiger partial charge in [-0.15, -0.1) is 0 Å². The van der Waals surface area contributed by atoms with E-state index in [0.717, 1.165) is 5.56 Å². The summed E-state index contributed by atoms with van der Waals surface area (Å²) in [5.41, 5.74) is 2.25. The van der Waals surface area contributed by atoms with Gasteiger partial charge in [-0.1, -0.05) is 30.3 Å². The minimum absolute atomic E-state index is 0.247. The van der Waals surface area contributed by atoms with Crippen molar-refractivity contribution in [3.63, 3.8) is 0 Å². The maximum atomic E-state index is 12.9. The van der Waals surface area contributed by atoms with Crippen molar-refractivity contribution in [2.24, 2.45) is 5.14 Å². The van der Waals surface area contributed by atoms with Crippen molar-refractivity contribution in [2.75, 3.05) is 5.32 Å². The third-order valence-corrected chi connectivity index (χ3v) is 4.73. The quantitative estimate of drug-likeness (QED) is 0.619. The molecule has 3 aromatic rings. The Labute approximate surface area is 168 Å². The van der Waals surface area contributed by atoms with Crippen LogP contribution >= 0.6 is 0 Å². The lowest BCUT2D eigenvalue weighted by atomic mass is 10.2. The Hall–Kier alpha value is -3.23. The van der Waals surface area contributed by atoms with Crippen molar-refractivity contribution in [1.29, 1.82) is 0 Å². The highest BCUT2D eigenvalue weighted by atomic mass is 32.2. The van der Waals surface area contributed by atoms with Crippen molar-refractivity contribution in [1.82, 2.24) is 0 Å². The van der Waals surface area contributed by atoms with Crippen LogP contribution in [-0.4, -0.2) is 14.3 Å². The van der Waals surface area contributed by atoms with E-state index in [9.17, 15) is 17.6 Å². The fraction of sp³-hybridized carbons (Fsp3) is 0.0952. The number of anilines is 1. The zero-order chi connectivity index (χ0) is 20.9. The highest BCUT2D eigenvalue weighted by Crippen LogP contribution is 2.18. The van der Waals surface area contributed by atoms with Gasteiger partial charge in [0.05, 0.1) is 5.75 Å². The van der Waals surface area contributed by atoms with Crippen molar-refractivity contribution in [3.8, 4) is 5.75 Å². The fourth-order valence-electron chi connectivity index (χ4n) is 2.59. The van der Waals surface area contributed by atoms with Crippen molar-refractivity contribution >= 4 is 21.6 Å². The van der Waals surface area contributed by atoms with Gasteiger partial charge in [0.25, 0.3) is 5.91 Å². The Bertz CT molecular complexity index is 1100. The number of halogens is 1. The molecule has 8 heteroatoms. The van der Waals surface area contributed by atoms with E-state index in [4.69, 9.17) is 9.88 Å². The molecule has 0 saturated heterocycles. The van der Waals surface area contributed by atoms with Crippen molar-refractivity contribution < 1.29 is 22.3 Å². The molecule has 0 unspecified atom stereocenters. The molecule has 1 amide bonds. The SMILES string of the molecule is NS(=O)(=O)Cc1ccc(NC(=O)c2cccc(OCc3ccc(F)cc3)c2)cc1. The lowest BCUT2D eigenvalue weighted by molar-refractivity contribution is 0.102. The first kappa shape index (κ1) is 20.5. The largest absolute Gasteiger partial charge is 0.489 e. The summed E-state index contributed by atoms with van der Waals surface area (Å²) in [4.78, 5) is 12.5. The van der Waals surface area contributed by atoms with Gasteiger partial charge in [-0.05, 0) is 53.6 Å². The number of nitrogens with two attached hydrogens (primary N) is 1. The second kappa shape index (κ2) is 8.85. The predicted octanol–water partition coefficient (Wildman–Crippen LogP) is 3.45. The maximum Gasteiger partial charge on any atom is 0.255 e. The van der Waals surface area contributed by atoms with E-state index in [-0.39, 0.29) is 24.1 Å². The Morgan fingerprint density at radius 1 is 0.966 bits per heavy atom. The van der Waals surface area contributed by atoms with E-state index >= 15 is 0 Å². The molecular formula is C21H19FN2O4S. The third kappa shape index (κ3) is 6.41. The van der Waals surface area contributed by atoms with Crippen LogP contribution in [0.25, 0.3) is 0 Å². The second-order valence-electron chi connectivity index (χ2n) is 6.40. The molecule has 3 rings (SSSR count). The van der Waals surface area contributed by atoms with E-state index in [1.165, 1.54) is 12.1 Å². The molecule has 0 spiro atoms.